The Morgan fingerprint density at radius 2 is 1.88 bits per heavy atom. The monoisotopic (exact) mass is 250 g/mol. The SMILES string of the molecule is CC(OCCl)C1=CC(=O)c2ccccc2C1=O. The highest BCUT2D eigenvalue weighted by molar-refractivity contribution is 6.24. The summed E-state index contributed by atoms with van der Waals surface area (Å²) in [6.45, 7) is 1.70. The average Bonchev–Trinajstić information content (AvgIpc) is 2.34. The van der Waals surface area contributed by atoms with E-state index in [-0.39, 0.29) is 17.6 Å². The number of hydrogen-bond donors (Lipinski definition) is 0. The van der Waals surface area contributed by atoms with Crippen LogP contribution in [0, 0.1) is 0 Å². The predicted octanol–water partition coefficient (Wildman–Crippen LogP) is 2.59. The van der Waals surface area contributed by atoms with Crippen molar-refractivity contribution in [3.63, 3.8) is 0 Å². The second-order valence-corrected chi connectivity index (χ2v) is 3.97. The molecule has 0 saturated heterocycles. The first-order chi connectivity index (χ1) is 8.15. The predicted molar refractivity (Wildman–Crippen MR) is 64.5 cm³/mol. The summed E-state index contributed by atoms with van der Waals surface area (Å²) < 4.78 is 5.14. The van der Waals surface area contributed by atoms with Gasteiger partial charge in [0.05, 0.1) is 6.10 Å². The maximum atomic E-state index is 12.1. The number of benzene rings is 1. The van der Waals surface area contributed by atoms with Gasteiger partial charge in [0.2, 0.25) is 0 Å². The van der Waals surface area contributed by atoms with Gasteiger partial charge in [-0.15, -0.1) is 0 Å². The first-order valence-electron chi connectivity index (χ1n) is 5.22. The van der Waals surface area contributed by atoms with Crippen LogP contribution < -0.4 is 0 Å². The maximum absolute atomic E-state index is 12.1. The highest BCUT2D eigenvalue weighted by atomic mass is 35.5. The van der Waals surface area contributed by atoms with Crippen LogP contribution in [0.1, 0.15) is 27.6 Å². The van der Waals surface area contributed by atoms with E-state index in [0.717, 1.165) is 0 Å². The number of ether oxygens (including phenoxy) is 1. The van der Waals surface area contributed by atoms with Gasteiger partial charge in [0, 0.05) is 16.7 Å². The number of rotatable bonds is 3. The fourth-order valence-corrected chi connectivity index (χ4v) is 2.01. The number of ketones is 2. The van der Waals surface area contributed by atoms with Gasteiger partial charge >= 0.3 is 0 Å². The Kier molecular flexibility index (Phi) is 3.41. The van der Waals surface area contributed by atoms with Gasteiger partial charge in [-0.3, -0.25) is 9.59 Å². The number of Topliss-reactive ketones (excluding diaryl/α,β-unsaturated/α-hetero) is 1. The standard InChI is InChI=1S/C13H11ClO3/c1-8(17-7-14)11-6-12(15)9-4-2-3-5-10(9)13(11)16/h2-6,8H,7H2,1H3. The van der Waals surface area contributed by atoms with Crippen molar-refractivity contribution in [3.05, 3.63) is 47.0 Å². The summed E-state index contributed by atoms with van der Waals surface area (Å²) >= 11 is 5.45. The number of alkyl halides is 1. The van der Waals surface area contributed by atoms with Crippen molar-refractivity contribution >= 4 is 23.2 Å². The molecule has 17 heavy (non-hydrogen) atoms. The molecule has 1 aliphatic rings. The molecule has 1 aromatic rings. The van der Waals surface area contributed by atoms with Gasteiger partial charge in [-0.25, -0.2) is 0 Å². The molecule has 0 bridgehead atoms. The van der Waals surface area contributed by atoms with E-state index in [1.54, 1.807) is 31.2 Å². The summed E-state index contributed by atoms with van der Waals surface area (Å²) in [6.07, 6.45) is 0.860. The zero-order valence-corrected chi connectivity index (χ0v) is 10.0. The molecule has 0 amide bonds. The van der Waals surface area contributed by atoms with Crippen molar-refractivity contribution in [2.45, 2.75) is 13.0 Å². The third-order valence-corrected chi connectivity index (χ3v) is 2.86. The largest absolute Gasteiger partial charge is 0.358 e. The van der Waals surface area contributed by atoms with Crippen LogP contribution in [0.25, 0.3) is 0 Å². The van der Waals surface area contributed by atoms with Crippen molar-refractivity contribution in [3.8, 4) is 0 Å². The molecule has 1 aromatic carbocycles. The minimum atomic E-state index is -0.475. The fraction of sp³-hybridized carbons (Fsp3) is 0.231. The van der Waals surface area contributed by atoms with E-state index in [4.69, 9.17) is 16.3 Å². The molecule has 1 atom stereocenters. The summed E-state index contributed by atoms with van der Waals surface area (Å²) in [7, 11) is 0. The number of fused-ring (bicyclic) bond motifs is 1. The topological polar surface area (TPSA) is 43.4 Å². The molecule has 2 rings (SSSR count). The van der Waals surface area contributed by atoms with Crippen LogP contribution >= 0.6 is 11.6 Å². The normalized spacial score (nSPS) is 16.5. The Morgan fingerprint density at radius 3 is 2.53 bits per heavy atom. The Labute approximate surface area is 104 Å². The summed E-state index contributed by atoms with van der Waals surface area (Å²) in [5, 5.41) is 0. The molecular weight excluding hydrogens is 240 g/mol. The van der Waals surface area contributed by atoms with Crippen LogP contribution in [0.3, 0.4) is 0 Å². The average molecular weight is 251 g/mol. The van der Waals surface area contributed by atoms with Gasteiger partial charge in [0.15, 0.2) is 11.6 Å². The van der Waals surface area contributed by atoms with E-state index in [2.05, 4.69) is 0 Å². The lowest BCUT2D eigenvalue weighted by atomic mass is 9.87. The second-order valence-electron chi connectivity index (χ2n) is 3.76. The zero-order valence-electron chi connectivity index (χ0n) is 9.27. The first-order valence-corrected chi connectivity index (χ1v) is 5.76. The molecule has 0 spiro atoms. The molecule has 0 aliphatic heterocycles. The molecule has 3 nitrogen and oxygen atoms in total. The summed E-state index contributed by atoms with van der Waals surface area (Å²) in [4.78, 5) is 24.0. The zero-order chi connectivity index (χ0) is 12.4. The van der Waals surface area contributed by atoms with Crippen LogP contribution in [0.15, 0.2) is 35.9 Å². The van der Waals surface area contributed by atoms with Gasteiger partial charge in [0.25, 0.3) is 0 Å². The van der Waals surface area contributed by atoms with Crippen molar-refractivity contribution in [2.24, 2.45) is 0 Å². The second kappa shape index (κ2) is 4.82. The third kappa shape index (κ3) is 2.16. The summed E-state index contributed by atoms with van der Waals surface area (Å²) in [5.74, 6) is -0.335. The van der Waals surface area contributed by atoms with Crippen molar-refractivity contribution in [2.75, 3.05) is 6.07 Å². The first kappa shape index (κ1) is 12.0. The molecule has 88 valence electrons. The van der Waals surface area contributed by atoms with Gasteiger partial charge in [-0.2, -0.15) is 0 Å². The van der Waals surface area contributed by atoms with E-state index >= 15 is 0 Å². The van der Waals surface area contributed by atoms with Gasteiger partial charge in [-0.1, -0.05) is 35.9 Å². The van der Waals surface area contributed by atoms with E-state index < -0.39 is 6.10 Å². The number of carbonyl (C=O) groups excluding carboxylic acids is 2. The number of allylic oxidation sites excluding steroid dienone is 1. The molecule has 0 N–H and O–H groups in total. The van der Waals surface area contributed by atoms with E-state index in [0.29, 0.717) is 16.7 Å². The Morgan fingerprint density at radius 1 is 1.24 bits per heavy atom. The Bertz CT molecular complexity index is 505. The van der Waals surface area contributed by atoms with E-state index in [1.165, 1.54) is 6.08 Å². The van der Waals surface area contributed by atoms with Gasteiger partial charge < -0.3 is 4.74 Å². The van der Waals surface area contributed by atoms with Crippen molar-refractivity contribution in [1.29, 1.82) is 0 Å². The number of halogens is 1. The van der Waals surface area contributed by atoms with Crippen molar-refractivity contribution in [1.82, 2.24) is 0 Å². The highest BCUT2D eigenvalue weighted by Crippen LogP contribution is 2.24. The lowest BCUT2D eigenvalue weighted by Gasteiger charge is -2.19. The van der Waals surface area contributed by atoms with Gasteiger partial charge in [0.1, 0.15) is 6.07 Å². The van der Waals surface area contributed by atoms with Crippen LogP contribution in [-0.4, -0.2) is 23.7 Å². The smallest absolute Gasteiger partial charge is 0.192 e. The lowest BCUT2D eigenvalue weighted by molar-refractivity contribution is 0.0892. The molecule has 0 fully saturated rings. The van der Waals surface area contributed by atoms with Crippen LogP contribution in [0.4, 0.5) is 0 Å². The minimum absolute atomic E-state index is 0.0123. The Balaban J connectivity index is 2.41. The van der Waals surface area contributed by atoms with Crippen LogP contribution in [0.2, 0.25) is 0 Å². The van der Waals surface area contributed by atoms with Gasteiger partial charge in [-0.05, 0) is 13.0 Å². The molecule has 1 aliphatic carbocycles. The third-order valence-electron chi connectivity index (χ3n) is 2.74. The molecule has 0 radical (unpaired) electrons. The molecule has 0 heterocycles. The molecule has 1 unspecified atom stereocenters. The van der Waals surface area contributed by atoms with E-state index in [9.17, 15) is 9.59 Å². The van der Waals surface area contributed by atoms with Crippen LogP contribution in [-0.2, 0) is 4.74 Å². The number of carbonyl (C=O) groups is 2. The fourth-order valence-electron chi connectivity index (χ4n) is 1.82. The maximum Gasteiger partial charge on any atom is 0.192 e. The highest BCUT2D eigenvalue weighted by Gasteiger charge is 2.28. The number of hydrogen-bond acceptors (Lipinski definition) is 3. The van der Waals surface area contributed by atoms with E-state index in [1.807, 2.05) is 0 Å². The Hall–Kier alpha value is -1.45. The minimum Gasteiger partial charge on any atom is -0.358 e. The quantitative estimate of drug-likeness (QED) is 0.775. The molecule has 0 saturated carbocycles. The molecule has 4 heteroatoms. The molecule has 0 aromatic heterocycles. The summed E-state index contributed by atoms with van der Waals surface area (Å²) in [5.41, 5.74) is 1.23. The summed E-state index contributed by atoms with van der Waals surface area (Å²) in [6, 6.07) is 6.76. The van der Waals surface area contributed by atoms with Crippen molar-refractivity contribution < 1.29 is 14.3 Å². The van der Waals surface area contributed by atoms with Crippen LogP contribution in [0.5, 0.6) is 0 Å². The lowest BCUT2D eigenvalue weighted by Crippen LogP contribution is -2.25. The molecular formula is C13H11ClO3.